The summed E-state index contributed by atoms with van der Waals surface area (Å²) in [5.74, 6) is 0.638. The van der Waals surface area contributed by atoms with E-state index in [-0.39, 0.29) is 17.9 Å². The predicted octanol–water partition coefficient (Wildman–Crippen LogP) is -0.538. The van der Waals surface area contributed by atoms with E-state index in [0.29, 0.717) is 25.3 Å². The third-order valence-electron chi connectivity index (χ3n) is 3.55. The number of nitrogens with one attached hydrogen (secondary N) is 1. The molecule has 0 aromatic heterocycles. The van der Waals surface area contributed by atoms with Gasteiger partial charge < -0.3 is 16.0 Å². The number of nitrogens with zero attached hydrogens (tertiary/aromatic N) is 1. The lowest BCUT2D eigenvalue weighted by molar-refractivity contribution is -0.135. The zero-order valence-electron chi connectivity index (χ0n) is 9.45. The van der Waals surface area contributed by atoms with Crippen molar-refractivity contribution in [2.24, 2.45) is 11.7 Å². The minimum atomic E-state index is -0.276. The Morgan fingerprint density at radius 1 is 1.38 bits per heavy atom. The Morgan fingerprint density at radius 3 is 2.56 bits per heavy atom. The summed E-state index contributed by atoms with van der Waals surface area (Å²) in [4.78, 5) is 24.9. The number of hydrogen-bond donors (Lipinski definition) is 2. The van der Waals surface area contributed by atoms with Gasteiger partial charge in [-0.05, 0) is 31.7 Å². The van der Waals surface area contributed by atoms with E-state index in [1.54, 1.807) is 0 Å². The Bertz CT molecular complexity index is 285. The molecule has 2 saturated heterocycles. The van der Waals surface area contributed by atoms with Crippen LogP contribution in [-0.2, 0) is 9.59 Å². The van der Waals surface area contributed by atoms with Gasteiger partial charge in [0.25, 0.3) is 0 Å². The second-order valence-corrected chi connectivity index (χ2v) is 4.66. The van der Waals surface area contributed by atoms with Gasteiger partial charge in [0, 0.05) is 19.5 Å². The summed E-state index contributed by atoms with van der Waals surface area (Å²) < 4.78 is 0. The summed E-state index contributed by atoms with van der Waals surface area (Å²) in [6.45, 7) is 2.28. The number of rotatable bonds is 2. The number of hydrogen-bond acceptors (Lipinski definition) is 3. The molecule has 2 aliphatic heterocycles. The quantitative estimate of drug-likeness (QED) is 0.663. The zero-order valence-corrected chi connectivity index (χ0v) is 9.45. The largest absolute Gasteiger partial charge is 0.344 e. The molecular formula is C11H19N3O2. The lowest BCUT2D eigenvalue weighted by Crippen LogP contribution is -2.48. The first-order valence-electron chi connectivity index (χ1n) is 5.99. The maximum Gasteiger partial charge on any atom is 0.245 e. The molecule has 0 spiro atoms. The van der Waals surface area contributed by atoms with Crippen molar-refractivity contribution in [1.29, 1.82) is 0 Å². The van der Waals surface area contributed by atoms with Crippen LogP contribution in [0.5, 0.6) is 0 Å². The molecule has 2 aliphatic rings. The van der Waals surface area contributed by atoms with Crippen LogP contribution in [0.3, 0.4) is 0 Å². The van der Waals surface area contributed by atoms with Crippen molar-refractivity contribution in [2.75, 3.05) is 19.6 Å². The normalized spacial score (nSPS) is 26.9. The average molecular weight is 225 g/mol. The maximum absolute atomic E-state index is 12.0. The van der Waals surface area contributed by atoms with Gasteiger partial charge in [0.15, 0.2) is 0 Å². The van der Waals surface area contributed by atoms with Gasteiger partial charge in [-0.3, -0.25) is 9.59 Å². The molecule has 1 atom stereocenters. The summed E-state index contributed by atoms with van der Waals surface area (Å²) in [6, 6.07) is -0.276. The molecule has 0 saturated carbocycles. The van der Waals surface area contributed by atoms with E-state index in [2.05, 4.69) is 5.32 Å². The van der Waals surface area contributed by atoms with Crippen LogP contribution < -0.4 is 11.1 Å². The molecule has 5 heteroatoms. The number of amides is 2. The summed E-state index contributed by atoms with van der Waals surface area (Å²) in [5.41, 5.74) is 5.60. The van der Waals surface area contributed by atoms with E-state index >= 15 is 0 Å². The second-order valence-electron chi connectivity index (χ2n) is 4.66. The monoisotopic (exact) mass is 225 g/mol. The zero-order chi connectivity index (χ0) is 11.5. The van der Waals surface area contributed by atoms with Crippen molar-refractivity contribution in [1.82, 2.24) is 10.2 Å². The molecule has 3 N–H and O–H groups in total. The highest BCUT2D eigenvalue weighted by atomic mass is 16.2. The van der Waals surface area contributed by atoms with Crippen molar-refractivity contribution in [3.8, 4) is 0 Å². The average Bonchev–Trinajstić information content (AvgIpc) is 2.75. The highest BCUT2D eigenvalue weighted by Crippen LogP contribution is 2.18. The predicted molar refractivity (Wildman–Crippen MR) is 59.5 cm³/mol. The van der Waals surface area contributed by atoms with Crippen LogP contribution in [0.2, 0.25) is 0 Å². The highest BCUT2D eigenvalue weighted by molar-refractivity contribution is 5.90. The minimum absolute atomic E-state index is 0.00445. The fraction of sp³-hybridized carbons (Fsp3) is 0.818. The molecule has 0 aromatic carbocycles. The van der Waals surface area contributed by atoms with Crippen molar-refractivity contribution < 1.29 is 9.59 Å². The third-order valence-corrected chi connectivity index (χ3v) is 3.55. The number of carbonyl (C=O) groups excluding carboxylic acids is 2. The molecule has 2 heterocycles. The minimum Gasteiger partial charge on any atom is -0.344 e. The number of nitrogens with two attached hydrogens (primary N) is 1. The summed E-state index contributed by atoms with van der Waals surface area (Å²) in [7, 11) is 0. The first-order valence-corrected chi connectivity index (χ1v) is 5.99. The lowest BCUT2D eigenvalue weighted by Gasteiger charge is -2.32. The van der Waals surface area contributed by atoms with Crippen molar-refractivity contribution in [3.05, 3.63) is 0 Å². The molecular weight excluding hydrogens is 206 g/mol. The van der Waals surface area contributed by atoms with Gasteiger partial charge in [-0.1, -0.05) is 0 Å². The molecule has 0 radical (unpaired) electrons. The van der Waals surface area contributed by atoms with Crippen LogP contribution in [0.25, 0.3) is 0 Å². The van der Waals surface area contributed by atoms with Gasteiger partial charge in [0.2, 0.25) is 11.8 Å². The fourth-order valence-electron chi connectivity index (χ4n) is 2.41. The molecule has 16 heavy (non-hydrogen) atoms. The fourth-order valence-corrected chi connectivity index (χ4v) is 2.41. The topological polar surface area (TPSA) is 75.4 Å². The van der Waals surface area contributed by atoms with Gasteiger partial charge in [0.1, 0.15) is 6.04 Å². The maximum atomic E-state index is 12.0. The molecule has 0 aromatic rings. The summed E-state index contributed by atoms with van der Waals surface area (Å²) in [6.07, 6.45) is 3.11. The smallest absolute Gasteiger partial charge is 0.245 e. The Hall–Kier alpha value is -1.10. The van der Waals surface area contributed by atoms with Gasteiger partial charge in [0.05, 0.1) is 0 Å². The van der Waals surface area contributed by atoms with E-state index in [4.69, 9.17) is 5.73 Å². The Morgan fingerprint density at radius 2 is 2.06 bits per heavy atom. The first kappa shape index (κ1) is 11.4. The van der Waals surface area contributed by atoms with Crippen molar-refractivity contribution >= 4 is 11.8 Å². The summed E-state index contributed by atoms with van der Waals surface area (Å²) in [5, 5.41) is 2.72. The van der Waals surface area contributed by atoms with Crippen LogP contribution in [-0.4, -0.2) is 42.4 Å². The van der Waals surface area contributed by atoms with Crippen LogP contribution in [0.1, 0.15) is 25.7 Å². The van der Waals surface area contributed by atoms with Crippen LogP contribution >= 0.6 is 0 Å². The van der Waals surface area contributed by atoms with Crippen LogP contribution in [0, 0.1) is 5.92 Å². The van der Waals surface area contributed by atoms with Gasteiger partial charge >= 0.3 is 0 Å². The molecule has 5 nitrogen and oxygen atoms in total. The van der Waals surface area contributed by atoms with E-state index in [1.165, 1.54) is 0 Å². The standard InChI is InChI=1S/C11H19N3O2/c12-7-8-3-5-14(6-4-8)11(16)9-1-2-10(15)13-9/h8-9H,1-7,12H2,(H,13,15)/t9-/m0/s1. The van der Waals surface area contributed by atoms with Gasteiger partial charge in [-0.25, -0.2) is 0 Å². The Kier molecular flexibility index (Phi) is 3.43. The van der Waals surface area contributed by atoms with Crippen LogP contribution in [0.15, 0.2) is 0 Å². The first-order chi connectivity index (χ1) is 7.70. The SMILES string of the molecule is NCC1CCN(C(=O)[C@@H]2CCC(=O)N2)CC1. The Balaban J connectivity index is 1.84. The van der Waals surface area contributed by atoms with Crippen molar-refractivity contribution in [2.45, 2.75) is 31.7 Å². The van der Waals surface area contributed by atoms with Crippen molar-refractivity contribution in [3.63, 3.8) is 0 Å². The van der Waals surface area contributed by atoms with E-state index in [9.17, 15) is 9.59 Å². The number of carbonyl (C=O) groups is 2. The second kappa shape index (κ2) is 4.82. The molecule has 0 unspecified atom stereocenters. The lowest BCUT2D eigenvalue weighted by atomic mass is 9.96. The van der Waals surface area contributed by atoms with Gasteiger partial charge in [-0.2, -0.15) is 0 Å². The molecule has 2 fully saturated rings. The highest BCUT2D eigenvalue weighted by Gasteiger charge is 2.32. The van der Waals surface area contributed by atoms with E-state index in [0.717, 1.165) is 25.9 Å². The van der Waals surface area contributed by atoms with E-state index in [1.807, 2.05) is 4.90 Å². The van der Waals surface area contributed by atoms with Gasteiger partial charge in [-0.15, -0.1) is 0 Å². The third kappa shape index (κ3) is 2.35. The molecule has 0 aliphatic carbocycles. The summed E-state index contributed by atoms with van der Waals surface area (Å²) >= 11 is 0. The number of likely N-dealkylation sites (tertiary alicyclic amines) is 1. The Labute approximate surface area is 95.3 Å². The molecule has 2 rings (SSSR count). The van der Waals surface area contributed by atoms with E-state index < -0.39 is 0 Å². The molecule has 0 bridgehead atoms. The molecule has 2 amide bonds. The molecule has 90 valence electrons. The van der Waals surface area contributed by atoms with Crippen LogP contribution in [0.4, 0.5) is 0 Å². The number of piperidine rings is 1.